The number of aryl methyl sites for hydroxylation is 4. The Morgan fingerprint density at radius 2 is 1.79 bits per heavy atom. The van der Waals surface area contributed by atoms with Crippen LogP contribution in [0.5, 0.6) is 0 Å². The molecule has 1 aliphatic heterocycles. The molecule has 7 heteroatoms. The summed E-state index contributed by atoms with van der Waals surface area (Å²) in [6.45, 7) is 5.92. The molecule has 0 bridgehead atoms. The molecule has 6 nitrogen and oxygen atoms in total. The highest BCUT2D eigenvalue weighted by Crippen LogP contribution is 2.26. The number of hydrogen-bond acceptors (Lipinski definition) is 3. The second-order valence-electron chi connectivity index (χ2n) is 7.42. The van der Waals surface area contributed by atoms with Crippen molar-refractivity contribution in [3.8, 4) is 5.69 Å². The zero-order valence-electron chi connectivity index (χ0n) is 16.5. The number of amides is 2. The summed E-state index contributed by atoms with van der Waals surface area (Å²) in [6.07, 6.45) is 0.793. The predicted octanol–water partition coefficient (Wildman–Crippen LogP) is 4.07. The van der Waals surface area contributed by atoms with E-state index in [1.165, 1.54) is 12.1 Å². The molecule has 1 aliphatic rings. The monoisotopic (exact) mass is 392 g/mol. The Labute approximate surface area is 167 Å². The highest BCUT2D eigenvalue weighted by Gasteiger charge is 2.21. The second-order valence-corrected chi connectivity index (χ2v) is 7.42. The Morgan fingerprint density at radius 3 is 2.52 bits per heavy atom. The molecule has 0 saturated heterocycles. The average Bonchev–Trinajstić information content (AvgIpc) is 3.00. The first-order valence-electron chi connectivity index (χ1n) is 9.39. The molecule has 0 atom stereocenters. The third-order valence-corrected chi connectivity index (χ3v) is 4.91. The fourth-order valence-corrected chi connectivity index (χ4v) is 3.63. The minimum absolute atomic E-state index is 0.0708. The summed E-state index contributed by atoms with van der Waals surface area (Å²) in [5.41, 5.74) is 5.07. The fraction of sp³-hybridized carbons (Fsp3) is 0.227. The molecule has 2 amide bonds. The molecular weight excluding hydrogens is 371 g/mol. The molecule has 0 fully saturated rings. The first kappa shape index (κ1) is 18.9. The van der Waals surface area contributed by atoms with Gasteiger partial charge in [0, 0.05) is 23.9 Å². The Hall–Kier alpha value is -3.48. The van der Waals surface area contributed by atoms with Crippen LogP contribution in [-0.4, -0.2) is 21.6 Å². The molecule has 2 heterocycles. The summed E-state index contributed by atoms with van der Waals surface area (Å²) in [6, 6.07) is 10.5. The third kappa shape index (κ3) is 3.76. The lowest BCUT2D eigenvalue weighted by Crippen LogP contribution is -2.21. The van der Waals surface area contributed by atoms with Crippen molar-refractivity contribution in [1.82, 2.24) is 9.78 Å². The van der Waals surface area contributed by atoms with Crippen molar-refractivity contribution < 1.29 is 14.0 Å². The molecule has 0 radical (unpaired) electrons. The van der Waals surface area contributed by atoms with E-state index < -0.39 is 11.7 Å². The van der Waals surface area contributed by atoms with E-state index >= 15 is 0 Å². The summed E-state index contributed by atoms with van der Waals surface area (Å²) in [7, 11) is 0. The van der Waals surface area contributed by atoms with E-state index in [1.807, 2.05) is 32.9 Å². The lowest BCUT2D eigenvalue weighted by molar-refractivity contribution is -0.116. The smallest absolute Gasteiger partial charge is 0.259 e. The number of halogens is 1. The van der Waals surface area contributed by atoms with Gasteiger partial charge in [0.2, 0.25) is 5.91 Å². The van der Waals surface area contributed by atoms with Crippen molar-refractivity contribution in [2.45, 2.75) is 33.6 Å². The number of carbonyl (C=O) groups is 2. The van der Waals surface area contributed by atoms with Gasteiger partial charge in [-0.25, -0.2) is 9.07 Å². The SMILES string of the molecule is Cc1cc(C)cc(-n2nc(NC(=O)c3cc4c(cc3F)NC(=O)CC4)cc2C)c1. The van der Waals surface area contributed by atoms with Gasteiger partial charge in [-0.1, -0.05) is 6.07 Å². The van der Waals surface area contributed by atoms with Crippen molar-refractivity contribution in [1.29, 1.82) is 0 Å². The summed E-state index contributed by atoms with van der Waals surface area (Å²) < 4.78 is 16.2. The number of hydrogen-bond donors (Lipinski definition) is 2. The van der Waals surface area contributed by atoms with E-state index in [-0.39, 0.29) is 11.5 Å². The van der Waals surface area contributed by atoms with Crippen molar-refractivity contribution >= 4 is 23.3 Å². The van der Waals surface area contributed by atoms with Gasteiger partial charge in [-0.15, -0.1) is 5.10 Å². The first-order chi connectivity index (χ1) is 13.8. The summed E-state index contributed by atoms with van der Waals surface area (Å²) in [5.74, 6) is -1.07. The number of nitrogens with one attached hydrogen (secondary N) is 2. The van der Waals surface area contributed by atoms with Crippen LogP contribution < -0.4 is 10.6 Å². The Balaban J connectivity index is 1.60. The van der Waals surface area contributed by atoms with Gasteiger partial charge in [0.1, 0.15) is 5.82 Å². The maximum atomic E-state index is 14.5. The maximum Gasteiger partial charge on any atom is 0.259 e. The number of nitrogens with zero attached hydrogens (tertiary/aromatic N) is 2. The summed E-state index contributed by atoms with van der Waals surface area (Å²) in [5, 5.41) is 9.76. The highest BCUT2D eigenvalue weighted by atomic mass is 19.1. The molecular formula is C22H21FN4O2. The first-order valence-corrected chi connectivity index (χ1v) is 9.39. The standard InChI is InChI=1S/C22H21FN4O2/c1-12-6-13(2)8-16(7-12)27-14(3)9-20(26-27)25-22(29)17-10-15-4-5-21(28)24-19(15)11-18(17)23/h6-11H,4-5H2,1-3H3,(H,24,28)(H,25,26,29). The van der Waals surface area contributed by atoms with Gasteiger partial charge in [0.25, 0.3) is 5.91 Å². The largest absolute Gasteiger partial charge is 0.326 e. The summed E-state index contributed by atoms with van der Waals surface area (Å²) in [4.78, 5) is 24.1. The van der Waals surface area contributed by atoms with Crippen molar-refractivity contribution in [3.05, 3.63) is 70.2 Å². The van der Waals surface area contributed by atoms with E-state index in [0.717, 1.165) is 28.1 Å². The molecule has 29 heavy (non-hydrogen) atoms. The number of rotatable bonds is 3. The number of benzene rings is 2. The van der Waals surface area contributed by atoms with Crippen LogP contribution in [0.15, 0.2) is 36.4 Å². The topological polar surface area (TPSA) is 76.0 Å². The molecule has 0 saturated carbocycles. The van der Waals surface area contributed by atoms with Gasteiger partial charge in [-0.3, -0.25) is 9.59 Å². The minimum atomic E-state index is -0.686. The second kappa shape index (κ2) is 7.16. The zero-order valence-corrected chi connectivity index (χ0v) is 16.5. The van der Waals surface area contributed by atoms with E-state index in [1.54, 1.807) is 10.7 Å². The van der Waals surface area contributed by atoms with Gasteiger partial charge < -0.3 is 10.6 Å². The number of fused-ring (bicyclic) bond motifs is 1. The molecule has 3 aromatic rings. The third-order valence-electron chi connectivity index (χ3n) is 4.91. The lowest BCUT2D eigenvalue weighted by atomic mass is 9.99. The quantitative estimate of drug-likeness (QED) is 0.705. The van der Waals surface area contributed by atoms with Crippen LogP contribution in [0.4, 0.5) is 15.9 Å². The molecule has 0 unspecified atom stereocenters. The molecule has 148 valence electrons. The van der Waals surface area contributed by atoms with E-state index in [4.69, 9.17) is 0 Å². The fourth-order valence-electron chi connectivity index (χ4n) is 3.63. The average molecular weight is 392 g/mol. The van der Waals surface area contributed by atoms with Crippen LogP contribution in [0.25, 0.3) is 5.69 Å². The van der Waals surface area contributed by atoms with Crippen LogP contribution in [-0.2, 0) is 11.2 Å². The van der Waals surface area contributed by atoms with E-state index in [9.17, 15) is 14.0 Å². The van der Waals surface area contributed by atoms with Gasteiger partial charge in [-0.2, -0.15) is 0 Å². The van der Waals surface area contributed by atoms with Crippen LogP contribution in [0.3, 0.4) is 0 Å². The molecule has 2 N–H and O–H groups in total. The van der Waals surface area contributed by atoms with Gasteiger partial charge >= 0.3 is 0 Å². The Morgan fingerprint density at radius 1 is 1.07 bits per heavy atom. The van der Waals surface area contributed by atoms with E-state index in [0.29, 0.717) is 24.3 Å². The van der Waals surface area contributed by atoms with Gasteiger partial charge in [0.05, 0.1) is 11.3 Å². The van der Waals surface area contributed by atoms with Crippen LogP contribution in [0.1, 0.15) is 39.2 Å². The number of anilines is 2. The Kier molecular flexibility index (Phi) is 4.66. The molecule has 1 aromatic heterocycles. The van der Waals surface area contributed by atoms with Crippen molar-refractivity contribution in [3.63, 3.8) is 0 Å². The van der Waals surface area contributed by atoms with Crippen molar-refractivity contribution in [2.24, 2.45) is 0 Å². The number of aromatic nitrogens is 2. The predicted molar refractivity (Wildman–Crippen MR) is 109 cm³/mol. The van der Waals surface area contributed by atoms with Crippen molar-refractivity contribution in [2.75, 3.05) is 10.6 Å². The van der Waals surface area contributed by atoms with Gasteiger partial charge in [0.15, 0.2) is 5.82 Å². The summed E-state index contributed by atoms with van der Waals surface area (Å²) >= 11 is 0. The van der Waals surface area contributed by atoms with Gasteiger partial charge in [-0.05, 0) is 68.1 Å². The van der Waals surface area contributed by atoms with Crippen LogP contribution in [0.2, 0.25) is 0 Å². The lowest BCUT2D eigenvalue weighted by Gasteiger charge is -2.17. The number of carbonyl (C=O) groups excluding carboxylic acids is 2. The maximum absolute atomic E-state index is 14.5. The normalized spacial score (nSPS) is 13.0. The molecule has 4 rings (SSSR count). The zero-order chi connectivity index (χ0) is 20.7. The van der Waals surface area contributed by atoms with E-state index in [2.05, 4.69) is 21.8 Å². The molecule has 2 aromatic carbocycles. The highest BCUT2D eigenvalue weighted by molar-refractivity contribution is 6.05. The molecule has 0 aliphatic carbocycles. The van der Waals surface area contributed by atoms with Crippen LogP contribution in [0, 0.1) is 26.6 Å². The van der Waals surface area contributed by atoms with Crippen LogP contribution >= 0.6 is 0 Å². The minimum Gasteiger partial charge on any atom is -0.326 e. The Bertz CT molecular complexity index is 1130. The molecule has 0 spiro atoms.